The summed E-state index contributed by atoms with van der Waals surface area (Å²) in [6.07, 6.45) is 4.44. The van der Waals surface area contributed by atoms with Crippen molar-refractivity contribution in [3.63, 3.8) is 0 Å². The molecule has 3 rings (SSSR count). The monoisotopic (exact) mass is 358 g/mol. The second-order valence-corrected chi connectivity index (χ2v) is 8.04. The molecule has 0 saturated carbocycles. The fourth-order valence-corrected chi connectivity index (χ4v) is 4.12. The zero-order chi connectivity index (χ0) is 18.4. The first-order chi connectivity index (χ1) is 12.6. The van der Waals surface area contributed by atoms with Crippen LogP contribution in [-0.4, -0.2) is 49.2 Å². The minimum absolute atomic E-state index is 0.0421. The standard InChI is InChI=1S/C21H34N4O/c1-17-7-6-12-25(15-17)20(22)23-16-21(10-13-26-14-11-21)24-18(2)19-8-4-3-5-9-19/h3-5,8-9,17-18,24H,6-7,10-16H2,1-2H3,(H2,22,23). The molecule has 2 unspecified atom stereocenters. The third-order valence-corrected chi connectivity index (χ3v) is 5.80. The van der Waals surface area contributed by atoms with E-state index >= 15 is 0 Å². The fraction of sp³-hybridized carbons (Fsp3) is 0.667. The molecule has 0 radical (unpaired) electrons. The van der Waals surface area contributed by atoms with Crippen molar-refractivity contribution in [2.75, 3.05) is 32.8 Å². The minimum Gasteiger partial charge on any atom is -0.381 e. The van der Waals surface area contributed by atoms with Gasteiger partial charge in [-0.2, -0.15) is 0 Å². The molecule has 0 aliphatic carbocycles. The first-order valence-corrected chi connectivity index (χ1v) is 10.0. The summed E-state index contributed by atoms with van der Waals surface area (Å²) in [5.74, 6) is 1.40. The molecule has 2 heterocycles. The molecular formula is C21H34N4O. The van der Waals surface area contributed by atoms with Gasteiger partial charge in [-0.05, 0) is 44.1 Å². The topological polar surface area (TPSA) is 62.9 Å². The van der Waals surface area contributed by atoms with E-state index in [0.29, 0.717) is 18.4 Å². The van der Waals surface area contributed by atoms with E-state index in [1.165, 1.54) is 18.4 Å². The highest BCUT2D eigenvalue weighted by atomic mass is 16.5. The highest BCUT2D eigenvalue weighted by molar-refractivity contribution is 5.78. The fourth-order valence-electron chi connectivity index (χ4n) is 4.12. The third-order valence-electron chi connectivity index (χ3n) is 5.80. The van der Waals surface area contributed by atoms with Crippen LogP contribution in [0.2, 0.25) is 0 Å². The van der Waals surface area contributed by atoms with Crippen molar-refractivity contribution in [1.82, 2.24) is 10.2 Å². The number of benzene rings is 1. The quantitative estimate of drug-likeness (QED) is 0.627. The van der Waals surface area contributed by atoms with E-state index in [-0.39, 0.29) is 11.6 Å². The first-order valence-electron chi connectivity index (χ1n) is 10.0. The molecular weight excluding hydrogens is 324 g/mol. The molecule has 0 spiro atoms. The van der Waals surface area contributed by atoms with Gasteiger partial charge in [-0.15, -0.1) is 0 Å². The number of nitrogens with one attached hydrogen (secondary N) is 1. The zero-order valence-electron chi connectivity index (χ0n) is 16.3. The Balaban J connectivity index is 1.68. The molecule has 1 aromatic rings. The SMILES string of the molecule is CC1CCCN(C(N)=NCC2(NC(C)c3ccccc3)CCOCC2)C1. The first kappa shape index (κ1) is 19.2. The van der Waals surface area contributed by atoms with Gasteiger partial charge in [0.2, 0.25) is 0 Å². The van der Waals surface area contributed by atoms with Crippen LogP contribution < -0.4 is 11.1 Å². The van der Waals surface area contributed by atoms with Gasteiger partial charge in [-0.1, -0.05) is 37.3 Å². The lowest BCUT2D eigenvalue weighted by Gasteiger charge is -2.40. The van der Waals surface area contributed by atoms with Crippen LogP contribution in [0.1, 0.15) is 51.1 Å². The summed E-state index contributed by atoms with van der Waals surface area (Å²) < 4.78 is 5.62. The van der Waals surface area contributed by atoms with Gasteiger partial charge < -0.3 is 20.7 Å². The molecule has 2 aliphatic rings. The molecule has 5 nitrogen and oxygen atoms in total. The number of nitrogens with zero attached hydrogens (tertiary/aromatic N) is 2. The summed E-state index contributed by atoms with van der Waals surface area (Å²) in [4.78, 5) is 7.08. The Morgan fingerprint density at radius 3 is 2.77 bits per heavy atom. The molecule has 26 heavy (non-hydrogen) atoms. The maximum atomic E-state index is 6.35. The number of likely N-dealkylation sites (tertiary alicyclic amines) is 1. The summed E-state index contributed by atoms with van der Waals surface area (Å²) >= 11 is 0. The Kier molecular flexibility index (Phi) is 6.54. The van der Waals surface area contributed by atoms with Crippen LogP contribution in [0.5, 0.6) is 0 Å². The van der Waals surface area contributed by atoms with Crippen LogP contribution in [0.15, 0.2) is 35.3 Å². The number of guanidine groups is 1. The van der Waals surface area contributed by atoms with Gasteiger partial charge in [0.25, 0.3) is 0 Å². The molecule has 2 aliphatic heterocycles. The highest BCUT2D eigenvalue weighted by Crippen LogP contribution is 2.26. The molecule has 0 aromatic heterocycles. The lowest BCUT2D eigenvalue weighted by Crippen LogP contribution is -2.53. The van der Waals surface area contributed by atoms with Gasteiger partial charge in [-0.25, -0.2) is 0 Å². The lowest BCUT2D eigenvalue weighted by molar-refractivity contribution is 0.0373. The summed E-state index contributed by atoms with van der Waals surface area (Å²) in [5, 5.41) is 3.85. The zero-order valence-corrected chi connectivity index (χ0v) is 16.3. The average molecular weight is 359 g/mol. The lowest BCUT2D eigenvalue weighted by atomic mass is 9.88. The van der Waals surface area contributed by atoms with Gasteiger partial charge in [-0.3, -0.25) is 4.99 Å². The molecule has 1 aromatic carbocycles. The van der Waals surface area contributed by atoms with Gasteiger partial charge in [0.05, 0.1) is 6.54 Å². The van der Waals surface area contributed by atoms with Gasteiger partial charge >= 0.3 is 0 Å². The Labute approximate surface area is 158 Å². The van der Waals surface area contributed by atoms with E-state index in [1.54, 1.807) is 0 Å². The number of hydrogen-bond acceptors (Lipinski definition) is 3. The highest BCUT2D eigenvalue weighted by Gasteiger charge is 2.34. The van der Waals surface area contributed by atoms with E-state index in [1.807, 2.05) is 0 Å². The van der Waals surface area contributed by atoms with Crippen LogP contribution >= 0.6 is 0 Å². The smallest absolute Gasteiger partial charge is 0.191 e. The van der Waals surface area contributed by atoms with Gasteiger partial charge in [0, 0.05) is 37.9 Å². The van der Waals surface area contributed by atoms with Crippen molar-refractivity contribution in [3.8, 4) is 0 Å². The summed E-state index contributed by atoms with van der Waals surface area (Å²) in [6.45, 7) is 8.86. The van der Waals surface area contributed by atoms with Crippen molar-refractivity contribution in [2.45, 2.75) is 51.1 Å². The van der Waals surface area contributed by atoms with E-state index in [0.717, 1.165) is 39.1 Å². The van der Waals surface area contributed by atoms with Gasteiger partial charge in [0.1, 0.15) is 0 Å². The van der Waals surface area contributed by atoms with E-state index < -0.39 is 0 Å². The minimum atomic E-state index is -0.0421. The predicted octanol–water partition coefficient (Wildman–Crippen LogP) is 2.93. The average Bonchev–Trinajstić information content (AvgIpc) is 2.67. The normalized spacial score (nSPS) is 25.1. The second kappa shape index (κ2) is 8.87. The van der Waals surface area contributed by atoms with Crippen LogP contribution in [0.3, 0.4) is 0 Å². The van der Waals surface area contributed by atoms with Crippen molar-refractivity contribution >= 4 is 5.96 Å². The van der Waals surface area contributed by atoms with Crippen molar-refractivity contribution < 1.29 is 4.74 Å². The molecule has 144 valence electrons. The largest absolute Gasteiger partial charge is 0.381 e. The number of nitrogens with two attached hydrogens (primary N) is 1. The third kappa shape index (κ3) is 4.98. The Hall–Kier alpha value is -1.59. The molecule has 5 heteroatoms. The Bertz CT molecular complexity index is 583. The van der Waals surface area contributed by atoms with E-state index in [2.05, 4.69) is 54.4 Å². The second-order valence-electron chi connectivity index (χ2n) is 8.04. The molecule has 2 saturated heterocycles. The number of hydrogen-bond donors (Lipinski definition) is 2. The van der Waals surface area contributed by atoms with Crippen molar-refractivity contribution in [2.24, 2.45) is 16.6 Å². The van der Waals surface area contributed by atoms with Crippen LogP contribution in [0, 0.1) is 5.92 Å². The number of aliphatic imine (C=N–C) groups is 1. The Morgan fingerprint density at radius 1 is 1.35 bits per heavy atom. The van der Waals surface area contributed by atoms with Crippen molar-refractivity contribution in [1.29, 1.82) is 0 Å². The molecule has 0 bridgehead atoms. The molecule has 3 N–H and O–H groups in total. The number of rotatable bonds is 5. The maximum Gasteiger partial charge on any atom is 0.191 e. The molecule has 0 amide bonds. The predicted molar refractivity (Wildman–Crippen MR) is 107 cm³/mol. The number of ether oxygens (including phenoxy) is 1. The Morgan fingerprint density at radius 2 is 2.08 bits per heavy atom. The number of piperidine rings is 1. The maximum absolute atomic E-state index is 6.35. The molecule has 2 atom stereocenters. The van der Waals surface area contributed by atoms with Crippen LogP contribution in [-0.2, 0) is 4.74 Å². The van der Waals surface area contributed by atoms with E-state index in [9.17, 15) is 0 Å². The summed E-state index contributed by atoms with van der Waals surface area (Å²) in [7, 11) is 0. The summed E-state index contributed by atoms with van der Waals surface area (Å²) in [6, 6.07) is 10.9. The van der Waals surface area contributed by atoms with Crippen LogP contribution in [0.4, 0.5) is 0 Å². The molecule has 2 fully saturated rings. The van der Waals surface area contributed by atoms with Crippen molar-refractivity contribution in [3.05, 3.63) is 35.9 Å². The summed E-state index contributed by atoms with van der Waals surface area (Å²) in [5.41, 5.74) is 7.61. The van der Waals surface area contributed by atoms with Crippen LogP contribution in [0.25, 0.3) is 0 Å². The van der Waals surface area contributed by atoms with Gasteiger partial charge in [0.15, 0.2) is 5.96 Å². The van der Waals surface area contributed by atoms with E-state index in [4.69, 9.17) is 15.5 Å².